The molecule has 2 atom stereocenters. The minimum atomic E-state index is -3.65. The molecular weight excluding hydrogens is 368 g/mol. The van der Waals surface area contributed by atoms with Gasteiger partial charge in [0.1, 0.15) is 11.3 Å². The van der Waals surface area contributed by atoms with Crippen molar-refractivity contribution in [3.8, 4) is 0 Å². The van der Waals surface area contributed by atoms with E-state index in [1.54, 1.807) is 20.1 Å². The van der Waals surface area contributed by atoms with E-state index in [0.29, 0.717) is 12.0 Å². The summed E-state index contributed by atoms with van der Waals surface area (Å²) >= 11 is 1.41. The van der Waals surface area contributed by atoms with Crippen molar-refractivity contribution in [3.63, 3.8) is 0 Å². The maximum Gasteiger partial charge on any atom is 0.328 e. The zero-order valence-electron chi connectivity index (χ0n) is 14.9. The summed E-state index contributed by atoms with van der Waals surface area (Å²) in [6.45, 7) is 3.27. The van der Waals surface area contributed by atoms with Gasteiger partial charge in [0, 0.05) is 12.7 Å². The largest absolute Gasteiger partial charge is 0.461 e. The number of hydrogen-bond donors (Lipinski definition) is 2. The van der Waals surface area contributed by atoms with E-state index >= 15 is 0 Å². The summed E-state index contributed by atoms with van der Waals surface area (Å²) < 4.78 is 28.8. The molecule has 0 radical (unpaired) electrons. The number of carbonyl (C=O) groups is 3. The molecule has 10 heteroatoms. The van der Waals surface area contributed by atoms with Crippen molar-refractivity contribution in [3.05, 3.63) is 0 Å². The summed E-state index contributed by atoms with van der Waals surface area (Å²) in [5, 5.41) is 8.00. The molecule has 0 saturated carbocycles. The van der Waals surface area contributed by atoms with E-state index in [2.05, 4.69) is 5.32 Å². The van der Waals surface area contributed by atoms with Crippen molar-refractivity contribution in [2.45, 2.75) is 50.5 Å². The highest BCUT2D eigenvalue weighted by atomic mass is 32.2. The average molecular weight is 395 g/mol. The molecular formula is C15H26N2O6S2. The fraction of sp³-hybridized carbons (Fsp3) is 0.733. The second-order valence-electron chi connectivity index (χ2n) is 5.80. The normalized spacial score (nSPS) is 13.8. The first-order valence-electron chi connectivity index (χ1n) is 7.74. The van der Waals surface area contributed by atoms with E-state index in [4.69, 9.17) is 10.1 Å². The first-order chi connectivity index (χ1) is 11.5. The van der Waals surface area contributed by atoms with Crippen LogP contribution in [0.2, 0.25) is 0 Å². The average Bonchev–Trinajstić information content (AvgIpc) is 2.49. The lowest BCUT2D eigenvalue weighted by atomic mass is 10.1. The van der Waals surface area contributed by atoms with Crippen molar-refractivity contribution in [1.82, 2.24) is 5.32 Å². The van der Waals surface area contributed by atoms with Gasteiger partial charge in [0.2, 0.25) is 5.91 Å². The van der Waals surface area contributed by atoms with Crippen LogP contribution in [-0.4, -0.2) is 68.0 Å². The van der Waals surface area contributed by atoms with Crippen LogP contribution >= 0.6 is 11.8 Å². The second-order valence-corrected chi connectivity index (χ2v) is 9.01. The summed E-state index contributed by atoms with van der Waals surface area (Å²) in [7, 11) is -3.65. The minimum absolute atomic E-state index is 0.0650. The molecule has 2 N–H and O–H groups in total. The van der Waals surface area contributed by atoms with Crippen molar-refractivity contribution in [1.29, 1.82) is 5.41 Å². The Morgan fingerprint density at radius 1 is 1.24 bits per heavy atom. The lowest BCUT2D eigenvalue weighted by molar-refractivity contribution is -0.151. The molecule has 0 aromatic rings. The van der Waals surface area contributed by atoms with Gasteiger partial charge >= 0.3 is 5.97 Å². The van der Waals surface area contributed by atoms with Gasteiger partial charge in [-0.25, -0.2) is 13.2 Å². The number of nitrogens with one attached hydrogen (secondary N) is 2. The van der Waals surface area contributed by atoms with Crippen molar-refractivity contribution in [2.24, 2.45) is 0 Å². The predicted octanol–water partition coefficient (Wildman–Crippen LogP) is 0.588. The lowest BCUT2D eigenvalue weighted by Gasteiger charge is -2.21. The fourth-order valence-corrected chi connectivity index (χ4v) is 3.57. The Morgan fingerprint density at radius 2 is 1.84 bits per heavy atom. The highest BCUT2D eigenvalue weighted by molar-refractivity contribution is 7.98. The fourth-order valence-electron chi connectivity index (χ4n) is 1.95. The smallest absolute Gasteiger partial charge is 0.328 e. The topological polar surface area (TPSA) is 130 Å². The molecule has 0 aliphatic rings. The molecule has 1 amide bonds. The maximum absolute atomic E-state index is 12.4. The number of amides is 1. The van der Waals surface area contributed by atoms with Gasteiger partial charge in [-0.3, -0.25) is 9.59 Å². The minimum Gasteiger partial charge on any atom is -0.461 e. The molecule has 144 valence electrons. The molecule has 25 heavy (non-hydrogen) atoms. The quantitative estimate of drug-likeness (QED) is 0.366. The Morgan fingerprint density at radius 3 is 2.28 bits per heavy atom. The Balaban J connectivity index is 5.22. The molecule has 8 nitrogen and oxygen atoms in total. The lowest BCUT2D eigenvalue weighted by Crippen LogP contribution is -2.49. The van der Waals surface area contributed by atoms with Crippen LogP contribution in [-0.2, 0) is 29.0 Å². The molecule has 0 bridgehead atoms. The van der Waals surface area contributed by atoms with Crippen LogP contribution in [0.3, 0.4) is 0 Å². The Hall–Kier alpha value is -1.42. The zero-order valence-corrected chi connectivity index (χ0v) is 16.5. The van der Waals surface area contributed by atoms with Crippen LogP contribution in [0.5, 0.6) is 0 Å². The van der Waals surface area contributed by atoms with E-state index in [1.807, 2.05) is 0 Å². The summed E-state index contributed by atoms with van der Waals surface area (Å²) in [5.74, 6) is -1.56. The monoisotopic (exact) mass is 394 g/mol. The van der Waals surface area contributed by atoms with Crippen LogP contribution in [0.1, 0.15) is 33.1 Å². The summed E-state index contributed by atoms with van der Waals surface area (Å²) in [4.78, 5) is 35.8. The van der Waals surface area contributed by atoms with Crippen LogP contribution < -0.4 is 5.32 Å². The van der Waals surface area contributed by atoms with Crippen LogP contribution in [0, 0.1) is 5.41 Å². The summed E-state index contributed by atoms with van der Waals surface area (Å²) in [5.41, 5.74) is 0. The van der Waals surface area contributed by atoms with Gasteiger partial charge in [0.05, 0.1) is 12.3 Å². The number of ether oxygens (including phenoxy) is 1. The van der Waals surface area contributed by atoms with Gasteiger partial charge in [-0.2, -0.15) is 11.8 Å². The molecule has 0 aliphatic carbocycles. The standard InChI is InChI=1S/C15H26N2O6S2/c1-10(2)23-15(20)12(6-5-11(18)9-16)17-14(19)13(7-8-24-3)25(4,21)22/h9-10,12-13,16H,5-8H2,1-4H3,(H,17,19)/t12-,13-/m0/s1. The molecule has 0 aliphatic heterocycles. The molecule has 0 saturated heterocycles. The van der Waals surface area contributed by atoms with Gasteiger partial charge < -0.3 is 15.5 Å². The SMILES string of the molecule is CSCC[C@@H](C(=O)N[C@@H](CCC(=O)C=N)C(=O)OC(C)C)S(C)(=O)=O. The van der Waals surface area contributed by atoms with Crippen LogP contribution in [0.4, 0.5) is 0 Å². The molecule has 0 fully saturated rings. The third-order valence-electron chi connectivity index (χ3n) is 3.19. The zero-order chi connectivity index (χ0) is 19.6. The van der Waals surface area contributed by atoms with Crippen molar-refractivity contribution >= 4 is 45.5 Å². The van der Waals surface area contributed by atoms with Crippen molar-refractivity contribution < 1.29 is 27.5 Å². The predicted molar refractivity (Wildman–Crippen MR) is 97.8 cm³/mol. The number of carbonyl (C=O) groups excluding carboxylic acids is 3. The molecule has 0 aromatic heterocycles. The van der Waals surface area contributed by atoms with Gasteiger partial charge in [-0.05, 0) is 38.7 Å². The van der Waals surface area contributed by atoms with Gasteiger partial charge in [0.15, 0.2) is 15.6 Å². The molecule has 0 unspecified atom stereocenters. The van der Waals surface area contributed by atoms with Crippen molar-refractivity contribution in [2.75, 3.05) is 18.3 Å². The number of hydrogen-bond acceptors (Lipinski definition) is 8. The molecule has 0 aromatic carbocycles. The summed E-state index contributed by atoms with van der Waals surface area (Å²) in [6, 6.07) is -1.14. The summed E-state index contributed by atoms with van der Waals surface area (Å²) in [6.07, 6.45) is 2.90. The third-order valence-corrected chi connectivity index (χ3v) is 5.31. The number of rotatable bonds is 12. The van der Waals surface area contributed by atoms with E-state index in [9.17, 15) is 22.8 Å². The number of ketones is 1. The highest BCUT2D eigenvalue weighted by Crippen LogP contribution is 2.11. The highest BCUT2D eigenvalue weighted by Gasteiger charge is 2.32. The Labute approximate surface area is 152 Å². The number of sulfone groups is 1. The Bertz CT molecular complexity index is 589. The van der Waals surface area contributed by atoms with Gasteiger partial charge in [0.25, 0.3) is 0 Å². The maximum atomic E-state index is 12.4. The number of esters is 1. The Kier molecular flexibility index (Phi) is 10.6. The van der Waals surface area contributed by atoms with E-state index in [1.165, 1.54) is 11.8 Å². The van der Waals surface area contributed by atoms with Crippen LogP contribution in [0.15, 0.2) is 0 Å². The van der Waals surface area contributed by atoms with E-state index in [-0.39, 0.29) is 19.3 Å². The third kappa shape index (κ3) is 9.59. The van der Waals surface area contributed by atoms with Gasteiger partial charge in [-0.15, -0.1) is 0 Å². The number of thioether (sulfide) groups is 1. The first-order valence-corrected chi connectivity index (χ1v) is 11.1. The first kappa shape index (κ1) is 23.6. The molecule has 0 spiro atoms. The molecule has 0 rings (SSSR count). The second kappa shape index (κ2) is 11.2. The van der Waals surface area contributed by atoms with E-state index in [0.717, 1.165) is 6.26 Å². The molecule has 0 heterocycles. The van der Waals surface area contributed by atoms with Crippen LogP contribution in [0.25, 0.3) is 0 Å². The van der Waals surface area contributed by atoms with E-state index < -0.39 is 44.9 Å². The number of Topliss-reactive ketones (excluding diaryl/α,β-unsaturated/α-hetero) is 1. The van der Waals surface area contributed by atoms with Gasteiger partial charge in [-0.1, -0.05) is 0 Å².